The smallest absolute Gasteiger partial charge is 0.272 e. The van der Waals surface area contributed by atoms with Gasteiger partial charge in [-0.1, -0.05) is 11.6 Å². The van der Waals surface area contributed by atoms with E-state index in [9.17, 15) is 4.79 Å². The van der Waals surface area contributed by atoms with Crippen LogP contribution in [0.1, 0.15) is 36.2 Å². The molecular weight excluding hydrogens is 411 g/mol. The Labute approximate surface area is 180 Å². The van der Waals surface area contributed by atoms with Gasteiger partial charge in [0, 0.05) is 29.2 Å². The van der Waals surface area contributed by atoms with Crippen LogP contribution in [-0.4, -0.2) is 33.8 Å². The van der Waals surface area contributed by atoms with Crippen LogP contribution in [0.25, 0.3) is 17.1 Å². The summed E-state index contributed by atoms with van der Waals surface area (Å²) in [7, 11) is 0. The fraction of sp³-hybridized carbons (Fsp3) is 0.333. The van der Waals surface area contributed by atoms with Crippen LogP contribution in [0.3, 0.4) is 0 Å². The first-order valence-corrected chi connectivity index (χ1v) is 10.0. The van der Waals surface area contributed by atoms with Gasteiger partial charge in [-0.15, -0.1) is 12.4 Å². The van der Waals surface area contributed by atoms with Crippen molar-refractivity contribution in [3.8, 4) is 17.1 Å². The third kappa shape index (κ3) is 4.06. The predicted octanol–water partition coefficient (Wildman–Crippen LogP) is 4.22. The second-order valence-electron chi connectivity index (χ2n) is 7.56. The molecule has 2 aliphatic rings. The van der Waals surface area contributed by atoms with Gasteiger partial charge in [0.15, 0.2) is 11.5 Å². The number of hydrogen-bond donors (Lipinski definition) is 2. The van der Waals surface area contributed by atoms with E-state index in [0.717, 1.165) is 24.2 Å². The number of fused-ring (bicyclic) bond motifs is 2. The minimum Gasteiger partial charge on any atom is -0.463 e. The van der Waals surface area contributed by atoms with Gasteiger partial charge in [0.05, 0.1) is 12.0 Å². The lowest BCUT2D eigenvalue weighted by Gasteiger charge is -2.29. The second-order valence-corrected chi connectivity index (χ2v) is 8.00. The number of nitrogens with one attached hydrogen (secondary N) is 2. The number of halogens is 2. The molecule has 3 aromatic rings. The standard InChI is InChI=1S/C21H21ClN4O2.ClH/c22-13-3-7-17(8-4-13)26-19(20-2-1-9-28-20)12-18(25-26)21(27)24-16-10-14-5-6-15(11-16)23-14;/h1-4,7-9,12,14-16,23H,5-6,10-11H2,(H,24,27);1H. The molecule has 0 aliphatic carbocycles. The molecule has 2 bridgehead atoms. The predicted molar refractivity (Wildman–Crippen MR) is 114 cm³/mol. The topological polar surface area (TPSA) is 72.1 Å². The highest BCUT2D eigenvalue weighted by Crippen LogP contribution is 2.28. The molecule has 152 valence electrons. The fourth-order valence-electron chi connectivity index (χ4n) is 4.31. The number of furan rings is 1. The van der Waals surface area contributed by atoms with E-state index in [2.05, 4.69) is 15.7 Å². The number of carbonyl (C=O) groups is 1. The molecule has 8 heteroatoms. The van der Waals surface area contributed by atoms with Crippen molar-refractivity contribution in [2.45, 2.75) is 43.8 Å². The van der Waals surface area contributed by atoms with Crippen molar-refractivity contribution in [3.63, 3.8) is 0 Å². The van der Waals surface area contributed by atoms with E-state index in [4.69, 9.17) is 16.0 Å². The van der Waals surface area contributed by atoms with Crippen LogP contribution in [0.2, 0.25) is 5.02 Å². The summed E-state index contributed by atoms with van der Waals surface area (Å²) in [4.78, 5) is 12.9. The number of amides is 1. The van der Waals surface area contributed by atoms with Crippen LogP contribution in [0.5, 0.6) is 0 Å². The number of aromatic nitrogens is 2. The molecule has 5 rings (SSSR count). The highest BCUT2D eigenvalue weighted by Gasteiger charge is 2.34. The second kappa shape index (κ2) is 8.22. The van der Waals surface area contributed by atoms with Crippen LogP contribution in [-0.2, 0) is 0 Å². The summed E-state index contributed by atoms with van der Waals surface area (Å²) in [6.45, 7) is 0. The maximum atomic E-state index is 12.9. The molecule has 2 atom stereocenters. The minimum absolute atomic E-state index is 0. The summed E-state index contributed by atoms with van der Waals surface area (Å²) in [5.74, 6) is 0.508. The van der Waals surface area contributed by atoms with Gasteiger partial charge < -0.3 is 15.1 Å². The van der Waals surface area contributed by atoms with E-state index in [-0.39, 0.29) is 24.4 Å². The van der Waals surface area contributed by atoms with Crippen molar-refractivity contribution >= 4 is 29.9 Å². The SMILES string of the molecule is Cl.O=C(NC1CC2CCC(C1)N2)c1cc(-c2ccco2)n(-c2ccc(Cl)cc2)n1. The Morgan fingerprint density at radius 1 is 1.17 bits per heavy atom. The Morgan fingerprint density at radius 2 is 1.90 bits per heavy atom. The van der Waals surface area contributed by atoms with E-state index in [1.807, 2.05) is 24.3 Å². The van der Waals surface area contributed by atoms with Crippen molar-refractivity contribution in [1.82, 2.24) is 20.4 Å². The van der Waals surface area contributed by atoms with Crippen LogP contribution >= 0.6 is 24.0 Å². The highest BCUT2D eigenvalue weighted by atomic mass is 35.5. The van der Waals surface area contributed by atoms with E-state index >= 15 is 0 Å². The number of nitrogens with zero attached hydrogens (tertiary/aromatic N) is 2. The molecule has 0 spiro atoms. The number of piperidine rings is 1. The molecule has 0 radical (unpaired) electrons. The molecule has 29 heavy (non-hydrogen) atoms. The first kappa shape index (κ1) is 20.0. The van der Waals surface area contributed by atoms with Crippen LogP contribution in [0.15, 0.2) is 53.1 Å². The van der Waals surface area contributed by atoms with E-state index < -0.39 is 0 Å². The van der Waals surface area contributed by atoms with Gasteiger partial charge in [-0.25, -0.2) is 4.68 Å². The summed E-state index contributed by atoms with van der Waals surface area (Å²) >= 11 is 6.01. The maximum absolute atomic E-state index is 12.9. The average Bonchev–Trinajstić information content (AvgIpc) is 3.42. The maximum Gasteiger partial charge on any atom is 0.272 e. The summed E-state index contributed by atoms with van der Waals surface area (Å²) in [5, 5.41) is 12.0. The van der Waals surface area contributed by atoms with Gasteiger partial charge in [-0.2, -0.15) is 5.10 Å². The van der Waals surface area contributed by atoms with Gasteiger partial charge in [0.1, 0.15) is 5.69 Å². The van der Waals surface area contributed by atoms with E-state index in [1.165, 1.54) is 12.8 Å². The van der Waals surface area contributed by atoms with Gasteiger partial charge in [-0.3, -0.25) is 4.79 Å². The number of hydrogen-bond acceptors (Lipinski definition) is 4. The Balaban J connectivity index is 0.00000205. The molecular formula is C21H22Cl2N4O2. The molecule has 2 N–H and O–H groups in total. The monoisotopic (exact) mass is 432 g/mol. The number of carbonyl (C=O) groups excluding carboxylic acids is 1. The Hall–Kier alpha value is -2.28. The molecule has 6 nitrogen and oxygen atoms in total. The molecule has 2 aromatic heterocycles. The summed E-state index contributed by atoms with van der Waals surface area (Å²) in [5.41, 5.74) is 1.92. The van der Waals surface area contributed by atoms with Gasteiger partial charge in [0.2, 0.25) is 0 Å². The molecule has 2 unspecified atom stereocenters. The van der Waals surface area contributed by atoms with Gasteiger partial charge >= 0.3 is 0 Å². The van der Waals surface area contributed by atoms with E-state index in [1.54, 1.807) is 29.1 Å². The zero-order valence-corrected chi connectivity index (χ0v) is 17.2. The third-order valence-electron chi connectivity index (χ3n) is 5.60. The van der Waals surface area contributed by atoms with Crippen LogP contribution < -0.4 is 10.6 Å². The quantitative estimate of drug-likeness (QED) is 0.647. The zero-order valence-electron chi connectivity index (χ0n) is 15.7. The lowest BCUT2D eigenvalue weighted by Crippen LogP contribution is -2.48. The van der Waals surface area contributed by atoms with Crippen molar-refractivity contribution < 1.29 is 9.21 Å². The Bertz CT molecular complexity index is 973. The molecule has 1 aromatic carbocycles. The molecule has 0 saturated carbocycles. The molecule has 4 heterocycles. The largest absolute Gasteiger partial charge is 0.463 e. The first-order chi connectivity index (χ1) is 13.7. The summed E-state index contributed by atoms with van der Waals surface area (Å²) in [6.07, 6.45) is 5.96. The summed E-state index contributed by atoms with van der Waals surface area (Å²) in [6, 6.07) is 14.0. The summed E-state index contributed by atoms with van der Waals surface area (Å²) < 4.78 is 7.28. The molecule has 2 fully saturated rings. The number of benzene rings is 1. The van der Waals surface area contributed by atoms with Crippen molar-refractivity contribution in [3.05, 3.63) is 59.4 Å². The van der Waals surface area contributed by atoms with Crippen LogP contribution in [0.4, 0.5) is 0 Å². The fourth-order valence-corrected chi connectivity index (χ4v) is 4.43. The number of rotatable bonds is 4. The average molecular weight is 433 g/mol. The molecule has 2 saturated heterocycles. The Morgan fingerprint density at radius 3 is 2.55 bits per heavy atom. The van der Waals surface area contributed by atoms with Gasteiger partial charge in [-0.05, 0) is 62.1 Å². The van der Waals surface area contributed by atoms with Crippen molar-refractivity contribution in [1.29, 1.82) is 0 Å². The normalized spacial score (nSPS) is 22.9. The molecule has 1 amide bonds. The molecule has 2 aliphatic heterocycles. The Kier molecular flexibility index (Phi) is 5.67. The minimum atomic E-state index is -0.146. The van der Waals surface area contributed by atoms with Crippen molar-refractivity contribution in [2.75, 3.05) is 0 Å². The highest BCUT2D eigenvalue weighted by molar-refractivity contribution is 6.30. The van der Waals surface area contributed by atoms with Crippen LogP contribution in [0, 0.1) is 0 Å². The lowest BCUT2D eigenvalue weighted by atomic mass is 10.00. The van der Waals surface area contributed by atoms with E-state index in [0.29, 0.717) is 28.6 Å². The van der Waals surface area contributed by atoms with Gasteiger partial charge in [0.25, 0.3) is 5.91 Å². The zero-order chi connectivity index (χ0) is 19.1. The van der Waals surface area contributed by atoms with Crippen molar-refractivity contribution in [2.24, 2.45) is 0 Å². The first-order valence-electron chi connectivity index (χ1n) is 9.62. The third-order valence-corrected chi connectivity index (χ3v) is 5.85. The lowest BCUT2D eigenvalue weighted by molar-refractivity contribution is 0.0918.